The third-order valence-electron chi connectivity index (χ3n) is 2.44. The molecule has 0 saturated carbocycles. The summed E-state index contributed by atoms with van der Waals surface area (Å²) in [6.45, 7) is 16.5. The van der Waals surface area contributed by atoms with Crippen LogP contribution in [0.3, 0.4) is 0 Å². The van der Waals surface area contributed by atoms with Crippen LogP contribution in [0.4, 0.5) is 0 Å². The Morgan fingerprint density at radius 3 is 1.55 bits per heavy atom. The van der Waals surface area contributed by atoms with Gasteiger partial charge in [-0.2, -0.15) is 0 Å². The number of aromatic nitrogens is 4. The van der Waals surface area contributed by atoms with E-state index >= 15 is 0 Å². The van der Waals surface area contributed by atoms with Crippen molar-refractivity contribution >= 4 is 0 Å². The molecule has 0 fully saturated rings. The molecule has 0 aliphatic rings. The van der Waals surface area contributed by atoms with Crippen molar-refractivity contribution < 1.29 is 0 Å². The molecule has 0 aromatic carbocycles. The highest BCUT2D eigenvalue weighted by Crippen LogP contribution is 2.09. The Kier molecular flexibility index (Phi) is 15.9. The quantitative estimate of drug-likeness (QED) is 0.760. The molecule has 4 heteroatoms. The number of hydrogen-bond acceptors (Lipinski definition) is 4. The van der Waals surface area contributed by atoms with Gasteiger partial charge in [0.05, 0.1) is 0 Å². The molecule has 0 N–H and O–H groups in total. The Balaban J connectivity index is 0. The minimum absolute atomic E-state index is 0.507. The van der Waals surface area contributed by atoms with Gasteiger partial charge in [-0.05, 0) is 23.5 Å². The van der Waals surface area contributed by atoms with Gasteiger partial charge in [-0.25, -0.2) is 19.9 Å². The van der Waals surface area contributed by atoms with E-state index in [1.54, 1.807) is 18.9 Å². The molecule has 2 heterocycles. The fourth-order valence-electron chi connectivity index (χ4n) is 1.25. The van der Waals surface area contributed by atoms with Gasteiger partial charge in [0.2, 0.25) is 0 Å². The lowest BCUT2D eigenvalue weighted by atomic mass is 10.1. The Morgan fingerprint density at radius 2 is 1.27 bits per heavy atom. The largest absolute Gasteiger partial charge is 0.245 e. The fraction of sp³-hybridized carbons (Fsp3) is 0.556. The standard InChI is InChI=1S/2C7H10N2.2C2H6/c1-6(2)7-3-8-5-9-4-7;1-6(2)7-3-4-8-5-9-7;2*1-2/h2*3-6H,1-2H3;2*1-2H3. The molecule has 2 aromatic heterocycles. The summed E-state index contributed by atoms with van der Waals surface area (Å²) in [5.74, 6) is 1.04. The second-order valence-electron chi connectivity index (χ2n) is 4.62. The first-order valence-corrected chi connectivity index (χ1v) is 8.12. The zero-order chi connectivity index (χ0) is 17.4. The predicted octanol–water partition coefficient (Wildman–Crippen LogP) is 5.25. The molecule has 2 aromatic rings. The maximum Gasteiger partial charge on any atom is 0.115 e. The molecular weight excluding hydrogens is 272 g/mol. The van der Waals surface area contributed by atoms with Crippen LogP contribution >= 0.6 is 0 Å². The van der Waals surface area contributed by atoms with E-state index in [1.807, 2.05) is 46.2 Å². The van der Waals surface area contributed by atoms with Crippen LogP contribution in [0.15, 0.2) is 37.3 Å². The van der Waals surface area contributed by atoms with Gasteiger partial charge < -0.3 is 0 Å². The van der Waals surface area contributed by atoms with E-state index < -0.39 is 0 Å². The summed E-state index contributed by atoms with van der Waals surface area (Å²) in [6.07, 6.45) is 8.58. The van der Waals surface area contributed by atoms with Crippen molar-refractivity contribution in [2.24, 2.45) is 0 Å². The van der Waals surface area contributed by atoms with Gasteiger partial charge >= 0.3 is 0 Å². The Bertz CT molecular complexity index is 384. The number of rotatable bonds is 2. The van der Waals surface area contributed by atoms with Gasteiger partial charge in [0, 0.05) is 24.3 Å². The molecule has 124 valence electrons. The highest BCUT2D eigenvalue weighted by Gasteiger charge is 1.96. The predicted molar refractivity (Wildman–Crippen MR) is 94.9 cm³/mol. The van der Waals surface area contributed by atoms with Crippen molar-refractivity contribution in [3.05, 3.63) is 48.6 Å². The van der Waals surface area contributed by atoms with Gasteiger partial charge in [0.15, 0.2) is 0 Å². The van der Waals surface area contributed by atoms with Crippen LogP contribution < -0.4 is 0 Å². The smallest absolute Gasteiger partial charge is 0.115 e. The summed E-state index contributed by atoms with van der Waals surface area (Å²) in [4.78, 5) is 15.7. The minimum Gasteiger partial charge on any atom is -0.245 e. The molecule has 0 amide bonds. The third kappa shape index (κ3) is 10.9. The monoisotopic (exact) mass is 304 g/mol. The summed E-state index contributed by atoms with van der Waals surface area (Å²) in [6, 6.07) is 1.94. The van der Waals surface area contributed by atoms with Gasteiger partial charge in [-0.1, -0.05) is 55.4 Å². The second kappa shape index (κ2) is 15.5. The van der Waals surface area contributed by atoms with Crippen LogP contribution in [-0.2, 0) is 0 Å². The SMILES string of the molecule is CC.CC.CC(C)c1ccncn1.CC(C)c1cncnc1. The van der Waals surface area contributed by atoms with Crippen molar-refractivity contribution in [2.75, 3.05) is 0 Å². The molecule has 22 heavy (non-hydrogen) atoms. The third-order valence-corrected chi connectivity index (χ3v) is 2.44. The van der Waals surface area contributed by atoms with Crippen molar-refractivity contribution in [1.82, 2.24) is 19.9 Å². The van der Waals surface area contributed by atoms with Crippen molar-refractivity contribution in [3.8, 4) is 0 Å². The van der Waals surface area contributed by atoms with Crippen LogP contribution in [-0.4, -0.2) is 19.9 Å². The summed E-state index contributed by atoms with van der Waals surface area (Å²) in [7, 11) is 0. The molecule has 0 unspecified atom stereocenters. The maximum absolute atomic E-state index is 4.07. The molecular formula is C18H32N4. The molecule has 2 rings (SSSR count). The van der Waals surface area contributed by atoms with Gasteiger partial charge in [0.25, 0.3) is 0 Å². The van der Waals surface area contributed by atoms with E-state index in [4.69, 9.17) is 0 Å². The summed E-state index contributed by atoms with van der Waals surface area (Å²) in [5, 5.41) is 0. The molecule has 0 bridgehead atoms. The maximum atomic E-state index is 4.07. The van der Waals surface area contributed by atoms with E-state index in [2.05, 4.69) is 47.6 Å². The second-order valence-corrected chi connectivity index (χ2v) is 4.62. The molecule has 4 nitrogen and oxygen atoms in total. The van der Waals surface area contributed by atoms with Crippen LogP contribution in [0, 0.1) is 0 Å². The Morgan fingerprint density at radius 1 is 0.727 bits per heavy atom. The molecule has 0 saturated heterocycles. The summed E-state index contributed by atoms with van der Waals surface area (Å²) >= 11 is 0. The van der Waals surface area contributed by atoms with E-state index in [1.165, 1.54) is 5.56 Å². The Hall–Kier alpha value is -1.84. The first-order valence-electron chi connectivity index (χ1n) is 8.12. The molecule has 0 aliphatic carbocycles. The molecule has 0 radical (unpaired) electrons. The van der Waals surface area contributed by atoms with Crippen LogP contribution in [0.2, 0.25) is 0 Å². The molecule has 0 spiro atoms. The van der Waals surface area contributed by atoms with Crippen LogP contribution in [0.5, 0.6) is 0 Å². The van der Waals surface area contributed by atoms with E-state index in [0.717, 1.165) is 5.69 Å². The first kappa shape index (κ1) is 22.4. The lowest BCUT2D eigenvalue weighted by Gasteiger charge is -1.99. The van der Waals surface area contributed by atoms with E-state index in [0.29, 0.717) is 11.8 Å². The average molecular weight is 304 g/mol. The first-order chi connectivity index (χ1) is 10.6. The van der Waals surface area contributed by atoms with Crippen molar-refractivity contribution in [2.45, 2.75) is 67.2 Å². The zero-order valence-corrected chi connectivity index (χ0v) is 15.4. The number of nitrogens with zero attached hydrogens (tertiary/aromatic N) is 4. The molecule has 0 atom stereocenters. The lowest BCUT2D eigenvalue weighted by Crippen LogP contribution is -1.90. The van der Waals surface area contributed by atoms with Crippen LogP contribution in [0.25, 0.3) is 0 Å². The van der Waals surface area contributed by atoms with Crippen molar-refractivity contribution in [1.29, 1.82) is 0 Å². The zero-order valence-electron chi connectivity index (χ0n) is 15.4. The Labute approximate surface area is 136 Å². The van der Waals surface area contributed by atoms with Gasteiger partial charge in [-0.3, -0.25) is 0 Å². The minimum atomic E-state index is 0.507. The molecule has 0 aliphatic heterocycles. The highest BCUT2D eigenvalue weighted by atomic mass is 14.8. The van der Waals surface area contributed by atoms with Gasteiger partial charge in [0.1, 0.15) is 12.7 Å². The summed E-state index contributed by atoms with van der Waals surface area (Å²) in [5.41, 5.74) is 2.29. The summed E-state index contributed by atoms with van der Waals surface area (Å²) < 4.78 is 0. The highest BCUT2D eigenvalue weighted by molar-refractivity contribution is 5.06. The lowest BCUT2D eigenvalue weighted by molar-refractivity contribution is 0.814. The van der Waals surface area contributed by atoms with Gasteiger partial charge in [-0.15, -0.1) is 0 Å². The fourth-order valence-corrected chi connectivity index (χ4v) is 1.25. The average Bonchev–Trinajstić information content (AvgIpc) is 2.60. The van der Waals surface area contributed by atoms with Crippen LogP contribution in [0.1, 0.15) is 78.5 Å². The topological polar surface area (TPSA) is 51.6 Å². The number of hydrogen-bond donors (Lipinski definition) is 0. The normalized spacial score (nSPS) is 8.82. The van der Waals surface area contributed by atoms with E-state index in [-0.39, 0.29) is 0 Å². The van der Waals surface area contributed by atoms with Crippen molar-refractivity contribution in [3.63, 3.8) is 0 Å². The van der Waals surface area contributed by atoms with E-state index in [9.17, 15) is 0 Å².